The zero-order chi connectivity index (χ0) is 15.5. The predicted molar refractivity (Wildman–Crippen MR) is 82.9 cm³/mol. The van der Waals surface area contributed by atoms with Gasteiger partial charge in [0.25, 0.3) is 0 Å². The molecule has 0 radical (unpaired) electrons. The van der Waals surface area contributed by atoms with Crippen molar-refractivity contribution in [1.29, 1.82) is 0 Å². The predicted octanol–water partition coefficient (Wildman–Crippen LogP) is 4.43. The molecule has 116 valence electrons. The van der Waals surface area contributed by atoms with Crippen LogP contribution in [0, 0.1) is 5.82 Å². The Morgan fingerprint density at radius 1 is 1.33 bits per heavy atom. The van der Waals surface area contributed by atoms with Gasteiger partial charge in [-0.25, -0.2) is 4.39 Å². The van der Waals surface area contributed by atoms with Crippen LogP contribution >= 0.6 is 0 Å². The number of para-hydroxylation sites is 1. The molecule has 2 rings (SSSR count). The van der Waals surface area contributed by atoms with Gasteiger partial charge in [0.2, 0.25) is 0 Å². The highest BCUT2D eigenvalue weighted by Crippen LogP contribution is 2.33. The highest BCUT2D eigenvalue weighted by Gasteiger charge is 2.33. The van der Waals surface area contributed by atoms with Gasteiger partial charge in [0.05, 0.1) is 11.6 Å². The minimum Gasteiger partial charge on any atom is -0.456 e. The molecule has 0 spiro atoms. The second-order valence-corrected chi connectivity index (χ2v) is 5.73. The van der Waals surface area contributed by atoms with E-state index in [0.717, 1.165) is 18.4 Å². The van der Waals surface area contributed by atoms with Crippen molar-refractivity contribution in [2.45, 2.75) is 45.8 Å². The van der Waals surface area contributed by atoms with Crippen LogP contribution in [0.15, 0.2) is 28.7 Å². The van der Waals surface area contributed by atoms with Crippen molar-refractivity contribution in [3.8, 4) is 0 Å². The molecule has 1 unspecified atom stereocenters. The van der Waals surface area contributed by atoms with E-state index in [1.54, 1.807) is 6.07 Å². The molecule has 3 nitrogen and oxygen atoms in total. The van der Waals surface area contributed by atoms with E-state index in [-0.39, 0.29) is 11.9 Å². The number of ether oxygens (including phenoxy) is 1. The molecular weight excluding hydrogens is 269 g/mol. The third-order valence-corrected chi connectivity index (χ3v) is 3.61. The SMILES string of the molecule is CCCNC(c1cc2cccc(F)c2o1)C(C)(C)OCC. The summed E-state index contributed by atoms with van der Waals surface area (Å²) in [6.45, 7) is 9.58. The van der Waals surface area contributed by atoms with E-state index in [1.165, 1.54) is 6.07 Å². The van der Waals surface area contributed by atoms with Crippen molar-refractivity contribution in [3.05, 3.63) is 35.8 Å². The molecule has 0 aliphatic carbocycles. The first-order valence-electron chi connectivity index (χ1n) is 7.55. The molecule has 1 atom stereocenters. The van der Waals surface area contributed by atoms with E-state index >= 15 is 0 Å². The van der Waals surface area contributed by atoms with Crippen LogP contribution in [0.2, 0.25) is 0 Å². The van der Waals surface area contributed by atoms with E-state index in [9.17, 15) is 4.39 Å². The van der Waals surface area contributed by atoms with Crippen molar-refractivity contribution < 1.29 is 13.5 Å². The third-order valence-electron chi connectivity index (χ3n) is 3.61. The van der Waals surface area contributed by atoms with Crippen LogP contribution < -0.4 is 5.32 Å². The van der Waals surface area contributed by atoms with Gasteiger partial charge in [-0.15, -0.1) is 0 Å². The van der Waals surface area contributed by atoms with Gasteiger partial charge in [0.15, 0.2) is 11.4 Å². The summed E-state index contributed by atoms with van der Waals surface area (Å²) in [5.74, 6) is 0.379. The lowest BCUT2D eigenvalue weighted by molar-refractivity contribution is -0.0436. The molecule has 0 aliphatic rings. The summed E-state index contributed by atoms with van der Waals surface area (Å²) in [5, 5.41) is 4.23. The highest BCUT2D eigenvalue weighted by molar-refractivity contribution is 5.78. The number of hydrogen-bond donors (Lipinski definition) is 1. The lowest BCUT2D eigenvalue weighted by atomic mass is 9.95. The summed E-state index contributed by atoms with van der Waals surface area (Å²) < 4.78 is 25.4. The second kappa shape index (κ2) is 6.58. The Morgan fingerprint density at radius 2 is 2.10 bits per heavy atom. The molecule has 0 aliphatic heterocycles. The van der Waals surface area contributed by atoms with Crippen LogP contribution in [0.4, 0.5) is 4.39 Å². The number of benzene rings is 1. The molecule has 1 N–H and O–H groups in total. The summed E-state index contributed by atoms with van der Waals surface area (Å²) in [4.78, 5) is 0. The van der Waals surface area contributed by atoms with Crippen LogP contribution in [0.25, 0.3) is 11.0 Å². The average molecular weight is 293 g/mol. The first-order valence-corrected chi connectivity index (χ1v) is 7.55. The van der Waals surface area contributed by atoms with E-state index in [0.29, 0.717) is 18.0 Å². The fraction of sp³-hybridized carbons (Fsp3) is 0.529. The van der Waals surface area contributed by atoms with Crippen molar-refractivity contribution >= 4 is 11.0 Å². The number of furan rings is 1. The molecule has 4 heteroatoms. The highest BCUT2D eigenvalue weighted by atomic mass is 19.1. The first-order chi connectivity index (χ1) is 9.99. The Bertz CT molecular complexity index is 591. The standard InChI is InChI=1S/C17H24FNO2/c1-5-10-19-16(17(3,4)20-6-2)14-11-12-8-7-9-13(18)15(12)21-14/h7-9,11,16,19H,5-6,10H2,1-4H3. The Hall–Kier alpha value is -1.39. The Balaban J connectivity index is 2.40. The Kier molecular flexibility index (Phi) is 5.01. The quantitative estimate of drug-likeness (QED) is 0.820. The van der Waals surface area contributed by atoms with Gasteiger partial charge >= 0.3 is 0 Å². The number of hydrogen-bond acceptors (Lipinski definition) is 3. The number of fused-ring (bicyclic) bond motifs is 1. The van der Waals surface area contributed by atoms with Crippen LogP contribution in [0.5, 0.6) is 0 Å². The van der Waals surface area contributed by atoms with Crippen molar-refractivity contribution in [2.75, 3.05) is 13.2 Å². The Labute approximate surface area is 125 Å². The zero-order valence-electron chi connectivity index (χ0n) is 13.2. The van der Waals surface area contributed by atoms with Gasteiger partial charge in [-0.2, -0.15) is 0 Å². The molecule has 1 aromatic carbocycles. The summed E-state index contributed by atoms with van der Waals surface area (Å²) >= 11 is 0. The molecule has 21 heavy (non-hydrogen) atoms. The summed E-state index contributed by atoms with van der Waals surface area (Å²) in [6, 6.07) is 6.74. The van der Waals surface area contributed by atoms with E-state index in [1.807, 2.05) is 32.9 Å². The lowest BCUT2D eigenvalue weighted by Crippen LogP contribution is -2.41. The maximum atomic E-state index is 13.8. The fourth-order valence-electron chi connectivity index (χ4n) is 2.62. The topological polar surface area (TPSA) is 34.4 Å². The molecule has 1 aromatic heterocycles. The third kappa shape index (κ3) is 3.44. The van der Waals surface area contributed by atoms with Gasteiger partial charge in [0, 0.05) is 12.0 Å². The molecule has 2 aromatic rings. The lowest BCUT2D eigenvalue weighted by Gasteiger charge is -2.33. The van der Waals surface area contributed by atoms with Gasteiger partial charge in [0.1, 0.15) is 5.76 Å². The van der Waals surface area contributed by atoms with Crippen LogP contribution in [-0.2, 0) is 4.74 Å². The fourth-order valence-corrected chi connectivity index (χ4v) is 2.62. The zero-order valence-corrected chi connectivity index (χ0v) is 13.2. The van der Waals surface area contributed by atoms with Gasteiger partial charge in [-0.1, -0.05) is 19.1 Å². The molecule has 0 saturated carbocycles. The minimum atomic E-state index is -0.436. The number of halogens is 1. The number of nitrogens with one attached hydrogen (secondary N) is 1. The summed E-state index contributed by atoms with van der Waals surface area (Å²) in [5.41, 5.74) is -0.128. The van der Waals surface area contributed by atoms with Crippen LogP contribution in [-0.4, -0.2) is 18.8 Å². The maximum absolute atomic E-state index is 13.8. The van der Waals surface area contributed by atoms with E-state index in [4.69, 9.17) is 9.15 Å². The van der Waals surface area contributed by atoms with Crippen molar-refractivity contribution in [2.24, 2.45) is 0 Å². The summed E-state index contributed by atoms with van der Waals surface area (Å²) in [7, 11) is 0. The summed E-state index contributed by atoms with van der Waals surface area (Å²) in [6.07, 6.45) is 1.01. The molecule has 1 heterocycles. The molecule has 0 saturated heterocycles. The molecule has 0 amide bonds. The first kappa shape index (κ1) is 16.0. The molecule has 0 fully saturated rings. The van der Waals surface area contributed by atoms with E-state index in [2.05, 4.69) is 12.2 Å². The molecular formula is C17H24FNO2. The normalized spacial score (nSPS) is 13.8. The van der Waals surface area contributed by atoms with Gasteiger partial charge in [-0.05, 0) is 45.9 Å². The van der Waals surface area contributed by atoms with Gasteiger partial charge in [-0.3, -0.25) is 0 Å². The Morgan fingerprint density at radius 3 is 2.71 bits per heavy atom. The van der Waals surface area contributed by atoms with Crippen LogP contribution in [0.3, 0.4) is 0 Å². The minimum absolute atomic E-state index is 0.121. The van der Waals surface area contributed by atoms with Gasteiger partial charge < -0.3 is 14.5 Å². The average Bonchev–Trinajstić information content (AvgIpc) is 2.84. The largest absolute Gasteiger partial charge is 0.456 e. The monoisotopic (exact) mass is 293 g/mol. The van der Waals surface area contributed by atoms with Crippen molar-refractivity contribution in [3.63, 3.8) is 0 Å². The van der Waals surface area contributed by atoms with E-state index < -0.39 is 5.60 Å². The maximum Gasteiger partial charge on any atom is 0.169 e. The molecule has 0 bridgehead atoms. The second-order valence-electron chi connectivity index (χ2n) is 5.73. The van der Waals surface area contributed by atoms with Crippen LogP contribution in [0.1, 0.15) is 45.9 Å². The number of rotatable bonds is 7. The van der Waals surface area contributed by atoms with Crippen molar-refractivity contribution in [1.82, 2.24) is 5.32 Å². The smallest absolute Gasteiger partial charge is 0.169 e.